The zero-order valence-electron chi connectivity index (χ0n) is 13.8. The number of aliphatic carboxylic acids is 1. The topological polar surface area (TPSA) is 66.4 Å². The number of carbonyl (C=O) groups excluding carboxylic acids is 1. The maximum Gasteiger partial charge on any atom is 0.303 e. The van der Waals surface area contributed by atoms with Gasteiger partial charge in [0.2, 0.25) is 5.91 Å². The van der Waals surface area contributed by atoms with Gasteiger partial charge in [-0.05, 0) is 37.5 Å². The van der Waals surface area contributed by atoms with Gasteiger partial charge in [0.1, 0.15) is 0 Å². The smallest absolute Gasteiger partial charge is 0.303 e. The predicted octanol–water partition coefficient (Wildman–Crippen LogP) is 3.60. The summed E-state index contributed by atoms with van der Waals surface area (Å²) in [6.45, 7) is 6.98. The molecule has 1 aliphatic carbocycles. The van der Waals surface area contributed by atoms with Gasteiger partial charge >= 0.3 is 5.97 Å². The molecular weight excluding hydrogens is 266 g/mol. The van der Waals surface area contributed by atoms with Gasteiger partial charge in [0, 0.05) is 18.4 Å². The van der Waals surface area contributed by atoms with Gasteiger partial charge in [-0.3, -0.25) is 9.59 Å². The van der Waals surface area contributed by atoms with Crippen LogP contribution in [0.4, 0.5) is 0 Å². The summed E-state index contributed by atoms with van der Waals surface area (Å²) >= 11 is 0. The van der Waals surface area contributed by atoms with Gasteiger partial charge in [-0.25, -0.2) is 0 Å². The van der Waals surface area contributed by atoms with Crippen molar-refractivity contribution >= 4 is 11.9 Å². The predicted molar refractivity (Wildman–Crippen MR) is 84.0 cm³/mol. The molecule has 0 heterocycles. The van der Waals surface area contributed by atoms with E-state index in [1.807, 2.05) is 0 Å². The fourth-order valence-electron chi connectivity index (χ4n) is 3.26. The van der Waals surface area contributed by atoms with Gasteiger partial charge in [0.25, 0.3) is 0 Å². The van der Waals surface area contributed by atoms with Crippen LogP contribution < -0.4 is 5.32 Å². The SMILES string of the molecule is CC(C)C(CCNC(=O)C1(C)CCCCC1)CCC(=O)O. The van der Waals surface area contributed by atoms with Crippen LogP contribution in [0.1, 0.15) is 72.1 Å². The highest BCUT2D eigenvalue weighted by molar-refractivity contribution is 5.82. The van der Waals surface area contributed by atoms with Crippen molar-refractivity contribution in [1.82, 2.24) is 5.32 Å². The molecule has 1 rings (SSSR count). The van der Waals surface area contributed by atoms with Gasteiger partial charge in [0.15, 0.2) is 0 Å². The molecule has 0 saturated heterocycles. The van der Waals surface area contributed by atoms with Crippen molar-refractivity contribution in [3.63, 3.8) is 0 Å². The average molecular weight is 297 g/mol. The molecule has 0 spiro atoms. The molecule has 1 unspecified atom stereocenters. The molecule has 1 atom stereocenters. The number of hydrogen-bond donors (Lipinski definition) is 2. The van der Waals surface area contributed by atoms with E-state index in [-0.39, 0.29) is 17.7 Å². The Labute approximate surface area is 128 Å². The number of carbonyl (C=O) groups is 2. The highest BCUT2D eigenvalue weighted by Gasteiger charge is 2.34. The number of carboxylic acid groups (broad SMARTS) is 1. The molecule has 0 aromatic rings. The van der Waals surface area contributed by atoms with E-state index in [0.29, 0.717) is 24.8 Å². The van der Waals surface area contributed by atoms with Crippen molar-refractivity contribution in [3.05, 3.63) is 0 Å². The number of hydrogen-bond acceptors (Lipinski definition) is 2. The summed E-state index contributed by atoms with van der Waals surface area (Å²) in [5.74, 6) is 0.259. The van der Waals surface area contributed by atoms with E-state index in [4.69, 9.17) is 5.11 Å². The Morgan fingerprint density at radius 2 is 1.76 bits per heavy atom. The summed E-state index contributed by atoms with van der Waals surface area (Å²) in [4.78, 5) is 23.0. The Morgan fingerprint density at radius 3 is 2.29 bits per heavy atom. The van der Waals surface area contributed by atoms with Crippen LogP contribution in [0.15, 0.2) is 0 Å². The van der Waals surface area contributed by atoms with Crippen molar-refractivity contribution < 1.29 is 14.7 Å². The maximum atomic E-state index is 12.3. The van der Waals surface area contributed by atoms with E-state index in [2.05, 4.69) is 26.1 Å². The molecule has 1 aliphatic rings. The molecule has 4 nitrogen and oxygen atoms in total. The fourth-order valence-corrected chi connectivity index (χ4v) is 3.26. The lowest BCUT2D eigenvalue weighted by Gasteiger charge is -2.32. The second-order valence-corrected chi connectivity index (χ2v) is 7.10. The van der Waals surface area contributed by atoms with Crippen LogP contribution in [0.3, 0.4) is 0 Å². The van der Waals surface area contributed by atoms with Crippen molar-refractivity contribution in [2.75, 3.05) is 6.54 Å². The minimum atomic E-state index is -0.737. The standard InChI is InChI=1S/C17H31NO3/c1-13(2)14(7-8-15(19)20)9-12-18-16(21)17(3)10-5-4-6-11-17/h13-14H,4-12H2,1-3H3,(H,18,21)(H,19,20). The van der Waals surface area contributed by atoms with Gasteiger partial charge < -0.3 is 10.4 Å². The summed E-state index contributed by atoms with van der Waals surface area (Å²) in [6, 6.07) is 0. The minimum absolute atomic E-state index is 0.183. The van der Waals surface area contributed by atoms with E-state index in [1.165, 1.54) is 6.42 Å². The Bertz CT molecular complexity index is 346. The van der Waals surface area contributed by atoms with Crippen molar-refractivity contribution in [3.8, 4) is 0 Å². The lowest BCUT2D eigenvalue weighted by Crippen LogP contribution is -2.41. The number of rotatable bonds is 8. The quantitative estimate of drug-likeness (QED) is 0.719. The molecule has 1 fully saturated rings. The molecular formula is C17H31NO3. The molecule has 0 aliphatic heterocycles. The largest absolute Gasteiger partial charge is 0.481 e. The Hall–Kier alpha value is -1.06. The van der Waals surface area contributed by atoms with Crippen LogP contribution in [0.2, 0.25) is 0 Å². The van der Waals surface area contributed by atoms with Crippen molar-refractivity contribution in [1.29, 1.82) is 0 Å². The van der Waals surface area contributed by atoms with Crippen molar-refractivity contribution in [2.24, 2.45) is 17.3 Å². The summed E-state index contributed by atoms with van der Waals surface area (Å²) in [7, 11) is 0. The molecule has 4 heteroatoms. The van der Waals surface area contributed by atoms with Gasteiger partial charge in [-0.15, -0.1) is 0 Å². The van der Waals surface area contributed by atoms with E-state index >= 15 is 0 Å². The first-order valence-corrected chi connectivity index (χ1v) is 8.35. The van der Waals surface area contributed by atoms with Crippen LogP contribution in [0.5, 0.6) is 0 Å². The summed E-state index contributed by atoms with van der Waals surface area (Å²) in [6.07, 6.45) is 7.31. The molecule has 0 aromatic heterocycles. The maximum absolute atomic E-state index is 12.3. The van der Waals surface area contributed by atoms with Crippen LogP contribution in [-0.2, 0) is 9.59 Å². The van der Waals surface area contributed by atoms with Crippen LogP contribution >= 0.6 is 0 Å². The highest BCUT2D eigenvalue weighted by atomic mass is 16.4. The van der Waals surface area contributed by atoms with E-state index < -0.39 is 5.97 Å². The second-order valence-electron chi connectivity index (χ2n) is 7.10. The first kappa shape index (κ1) is 18.0. The van der Waals surface area contributed by atoms with Gasteiger partial charge in [-0.2, -0.15) is 0 Å². The average Bonchev–Trinajstić information content (AvgIpc) is 2.42. The Kier molecular flexibility index (Phi) is 7.20. The lowest BCUT2D eigenvalue weighted by molar-refractivity contribution is -0.137. The summed E-state index contributed by atoms with van der Waals surface area (Å²) in [5.41, 5.74) is -0.188. The molecule has 1 saturated carbocycles. The molecule has 0 bridgehead atoms. The van der Waals surface area contributed by atoms with E-state index in [1.54, 1.807) is 0 Å². The molecule has 1 amide bonds. The Morgan fingerprint density at radius 1 is 1.14 bits per heavy atom. The third-order valence-corrected chi connectivity index (χ3v) is 4.98. The zero-order valence-corrected chi connectivity index (χ0v) is 13.8. The highest BCUT2D eigenvalue weighted by Crippen LogP contribution is 2.35. The van der Waals surface area contributed by atoms with E-state index in [9.17, 15) is 9.59 Å². The van der Waals surface area contributed by atoms with Gasteiger partial charge in [-0.1, -0.05) is 40.0 Å². The normalized spacial score (nSPS) is 19.2. The number of nitrogens with one attached hydrogen (secondary N) is 1. The molecule has 21 heavy (non-hydrogen) atoms. The molecule has 0 aromatic carbocycles. The first-order chi connectivity index (χ1) is 9.85. The van der Waals surface area contributed by atoms with E-state index in [0.717, 1.165) is 32.1 Å². The third kappa shape index (κ3) is 6.06. The fraction of sp³-hybridized carbons (Fsp3) is 0.882. The summed E-state index contributed by atoms with van der Waals surface area (Å²) in [5, 5.41) is 11.9. The number of carboxylic acids is 1. The molecule has 2 N–H and O–H groups in total. The molecule has 0 radical (unpaired) electrons. The van der Waals surface area contributed by atoms with Crippen LogP contribution in [0.25, 0.3) is 0 Å². The Balaban J connectivity index is 2.35. The van der Waals surface area contributed by atoms with Crippen molar-refractivity contribution in [2.45, 2.75) is 72.1 Å². The van der Waals surface area contributed by atoms with Crippen LogP contribution in [-0.4, -0.2) is 23.5 Å². The third-order valence-electron chi connectivity index (χ3n) is 4.98. The zero-order chi connectivity index (χ0) is 15.9. The first-order valence-electron chi connectivity index (χ1n) is 8.35. The lowest BCUT2D eigenvalue weighted by atomic mass is 9.75. The minimum Gasteiger partial charge on any atom is -0.481 e. The number of amides is 1. The molecule has 122 valence electrons. The second kappa shape index (κ2) is 8.40. The monoisotopic (exact) mass is 297 g/mol. The van der Waals surface area contributed by atoms with Crippen LogP contribution in [0, 0.1) is 17.3 Å². The van der Waals surface area contributed by atoms with Gasteiger partial charge in [0.05, 0.1) is 0 Å². The summed E-state index contributed by atoms with van der Waals surface area (Å²) < 4.78 is 0.